The quantitative estimate of drug-likeness (QED) is 0.796. The smallest absolute Gasteiger partial charge is 0.255 e. The third kappa shape index (κ3) is 3.36. The van der Waals surface area contributed by atoms with E-state index in [9.17, 15) is 4.79 Å². The molecule has 1 amide bonds. The Morgan fingerprint density at radius 2 is 1.67 bits per heavy atom. The van der Waals surface area contributed by atoms with Crippen LogP contribution in [0.1, 0.15) is 15.9 Å². The van der Waals surface area contributed by atoms with Crippen LogP contribution in [0.5, 0.6) is 0 Å². The summed E-state index contributed by atoms with van der Waals surface area (Å²) in [6.07, 6.45) is 3.48. The molecule has 1 N–H and O–H groups in total. The van der Waals surface area contributed by atoms with Gasteiger partial charge in [0.05, 0.1) is 18.4 Å². The Morgan fingerprint density at radius 3 is 2.38 bits per heavy atom. The molecule has 2 aromatic carbocycles. The van der Waals surface area contributed by atoms with Gasteiger partial charge < -0.3 is 5.32 Å². The normalized spacial score (nSPS) is 10.3. The second-order valence-corrected chi connectivity index (χ2v) is 4.73. The summed E-state index contributed by atoms with van der Waals surface area (Å²) in [7, 11) is 0. The zero-order valence-corrected chi connectivity index (χ0v) is 11.4. The maximum absolute atomic E-state index is 12.0. The van der Waals surface area contributed by atoms with Gasteiger partial charge in [-0.25, -0.2) is 0 Å². The van der Waals surface area contributed by atoms with Crippen LogP contribution in [0, 0.1) is 0 Å². The Labute approximate surface area is 123 Å². The number of carbonyl (C=O) groups excluding carboxylic acids is 1. The van der Waals surface area contributed by atoms with Gasteiger partial charge in [0.15, 0.2) is 0 Å². The highest BCUT2D eigenvalue weighted by molar-refractivity contribution is 6.04. The summed E-state index contributed by atoms with van der Waals surface area (Å²) in [4.78, 5) is 12.0. The standard InChI is InChI=1S/C17H15N3O/c21-17(15-9-5-2-6-10-15)19-16-11-18-20(13-16)12-14-7-3-1-4-8-14/h1-11,13H,12H2,(H,19,21). The Kier molecular flexibility index (Phi) is 3.78. The molecule has 0 bridgehead atoms. The molecule has 3 rings (SSSR count). The minimum atomic E-state index is -0.130. The molecule has 1 aromatic heterocycles. The molecule has 0 saturated carbocycles. The Hall–Kier alpha value is -2.88. The molecule has 0 radical (unpaired) electrons. The molecule has 0 saturated heterocycles. The topological polar surface area (TPSA) is 46.9 Å². The molecule has 0 aliphatic rings. The van der Waals surface area contributed by atoms with E-state index >= 15 is 0 Å². The van der Waals surface area contributed by atoms with Crippen LogP contribution in [0.4, 0.5) is 5.69 Å². The van der Waals surface area contributed by atoms with Gasteiger partial charge in [0.1, 0.15) is 0 Å². The summed E-state index contributed by atoms with van der Waals surface area (Å²) in [5.74, 6) is -0.130. The summed E-state index contributed by atoms with van der Waals surface area (Å²) in [6.45, 7) is 0.683. The van der Waals surface area contributed by atoms with Crippen LogP contribution >= 0.6 is 0 Å². The number of carbonyl (C=O) groups is 1. The van der Waals surface area contributed by atoms with Gasteiger partial charge in [0.2, 0.25) is 0 Å². The number of nitrogens with one attached hydrogen (secondary N) is 1. The van der Waals surface area contributed by atoms with Crippen LogP contribution in [0.3, 0.4) is 0 Å². The summed E-state index contributed by atoms with van der Waals surface area (Å²) >= 11 is 0. The highest BCUT2D eigenvalue weighted by Crippen LogP contribution is 2.10. The summed E-state index contributed by atoms with van der Waals surface area (Å²) in [5.41, 5.74) is 2.50. The van der Waals surface area contributed by atoms with Gasteiger partial charge in [-0.3, -0.25) is 9.48 Å². The first-order chi connectivity index (χ1) is 10.3. The largest absolute Gasteiger partial charge is 0.319 e. The van der Waals surface area contributed by atoms with E-state index in [2.05, 4.69) is 10.4 Å². The fraction of sp³-hybridized carbons (Fsp3) is 0.0588. The average Bonchev–Trinajstić information content (AvgIpc) is 2.96. The molecule has 21 heavy (non-hydrogen) atoms. The molecule has 0 fully saturated rings. The minimum absolute atomic E-state index is 0.130. The molecule has 104 valence electrons. The molecule has 0 aliphatic carbocycles. The third-order valence-electron chi connectivity index (χ3n) is 3.11. The predicted molar refractivity (Wildman–Crippen MR) is 82.2 cm³/mol. The summed E-state index contributed by atoms with van der Waals surface area (Å²) in [6, 6.07) is 19.2. The monoisotopic (exact) mass is 277 g/mol. The van der Waals surface area contributed by atoms with Crippen LogP contribution in [-0.2, 0) is 6.54 Å². The van der Waals surface area contributed by atoms with Crippen molar-refractivity contribution in [1.82, 2.24) is 9.78 Å². The van der Waals surface area contributed by atoms with Crippen molar-refractivity contribution >= 4 is 11.6 Å². The van der Waals surface area contributed by atoms with E-state index in [1.165, 1.54) is 5.56 Å². The number of anilines is 1. The van der Waals surface area contributed by atoms with E-state index in [4.69, 9.17) is 0 Å². The molecule has 1 heterocycles. The Balaban J connectivity index is 1.67. The van der Waals surface area contributed by atoms with Crippen LogP contribution in [0.2, 0.25) is 0 Å². The Bertz CT molecular complexity index is 720. The lowest BCUT2D eigenvalue weighted by atomic mass is 10.2. The summed E-state index contributed by atoms with van der Waals surface area (Å²) in [5, 5.41) is 7.10. The second-order valence-electron chi connectivity index (χ2n) is 4.73. The molecule has 3 aromatic rings. The number of hydrogen-bond acceptors (Lipinski definition) is 2. The Morgan fingerprint density at radius 1 is 1.00 bits per heavy atom. The zero-order valence-electron chi connectivity index (χ0n) is 11.4. The lowest BCUT2D eigenvalue weighted by Gasteiger charge is -2.02. The van der Waals surface area contributed by atoms with Crippen LogP contribution < -0.4 is 5.32 Å². The van der Waals surface area contributed by atoms with Crippen molar-refractivity contribution in [2.75, 3.05) is 5.32 Å². The van der Waals surface area contributed by atoms with E-state index in [1.54, 1.807) is 23.0 Å². The van der Waals surface area contributed by atoms with Crippen molar-refractivity contribution in [3.8, 4) is 0 Å². The van der Waals surface area contributed by atoms with E-state index in [-0.39, 0.29) is 5.91 Å². The van der Waals surface area contributed by atoms with Gasteiger partial charge in [-0.15, -0.1) is 0 Å². The van der Waals surface area contributed by atoms with Crippen LogP contribution in [0.15, 0.2) is 73.1 Å². The van der Waals surface area contributed by atoms with E-state index in [1.807, 2.05) is 54.7 Å². The zero-order chi connectivity index (χ0) is 14.5. The fourth-order valence-corrected chi connectivity index (χ4v) is 2.08. The second kappa shape index (κ2) is 6.05. The fourth-order valence-electron chi connectivity index (χ4n) is 2.08. The highest BCUT2D eigenvalue weighted by atomic mass is 16.1. The molecular weight excluding hydrogens is 262 g/mol. The van der Waals surface area contributed by atoms with Crippen LogP contribution in [-0.4, -0.2) is 15.7 Å². The molecule has 4 heteroatoms. The molecule has 0 atom stereocenters. The van der Waals surface area contributed by atoms with Crippen molar-refractivity contribution in [3.05, 3.63) is 84.2 Å². The average molecular weight is 277 g/mol. The third-order valence-corrected chi connectivity index (χ3v) is 3.11. The number of benzene rings is 2. The summed E-state index contributed by atoms with van der Waals surface area (Å²) < 4.78 is 1.80. The van der Waals surface area contributed by atoms with Crippen molar-refractivity contribution < 1.29 is 4.79 Å². The van der Waals surface area contributed by atoms with Gasteiger partial charge in [-0.2, -0.15) is 5.10 Å². The first-order valence-electron chi connectivity index (χ1n) is 6.74. The minimum Gasteiger partial charge on any atom is -0.319 e. The number of aromatic nitrogens is 2. The van der Waals surface area contributed by atoms with Crippen molar-refractivity contribution in [1.29, 1.82) is 0 Å². The molecule has 0 spiro atoms. The van der Waals surface area contributed by atoms with Crippen molar-refractivity contribution in [3.63, 3.8) is 0 Å². The van der Waals surface area contributed by atoms with E-state index in [0.29, 0.717) is 17.8 Å². The number of hydrogen-bond donors (Lipinski definition) is 1. The predicted octanol–water partition coefficient (Wildman–Crippen LogP) is 3.18. The lowest BCUT2D eigenvalue weighted by molar-refractivity contribution is 0.102. The van der Waals surface area contributed by atoms with Gasteiger partial charge in [0, 0.05) is 11.8 Å². The first-order valence-corrected chi connectivity index (χ1v) is 6.74. The lowest BCUT2D eigenvalue weighted by Crippen LogP contribution is -2.11. The van der Waals surface area contributed by atoms with E-state index in [0.717, 1.165) is 0 Å². The van der Waals surface area contributed by atoms with Gasteiger partial charge >= 0.3 is 0 Å². The van der Waals surface area contributed by atoms with Gasteiger partial charge in [0.25, 0.3) is 5.91 Å². The SMILES string of the molecule is O=C(Nc1cnn(Cc2ccccc2)c1)c1ccccc1. The maximum Gasteiger partial charge on any atom is 0.255 e. The van der Waals surface area contributed by atoms with Crippen LogP contribution in [0.25, 0.3) is 0 Å². The molecule has 0 unspecified atom stereocenters. The van der Waals surface area contributed by atoms with Gasteiger partial charge in [-0.1, -0.05) is 48.5 Å². The van der Waals surface area contributed by atoms with E-state index < -0.39 is 0 Å². The maximum atomic E-state index is 12.0. The first kappa shape index (κ1) is 13.1. The van der Waals surface area contributed by atoms with Gasteiger partial charge in [-0.05, 0) is 17.7 Å². The highest BCUT2D eigenvalue weighted by Gasteiger charge is 2.06. The number of nitrogens with zero attached hydrogens (tertiary/aromatic N) is 2. The number of rotatable bonds is 4. The van der Waals surface area contributed by atoms with Crippen molar-refractivity contribution in [2.45, 2.75) is 6.54 Å². The molecular formula is C17H15N3O. The molecule has 0 aliphatic heterocycles. The van der Waals surface area contributed by atoms with Crippen molar-refractivity contribution in [2.24, 2.45) is 0 Å². The number of amides is 1. The molecule has 4 nitrogen and oxygen atoms in total.